The third kappa shape index (κ3) is 6.26. The van der Waals surface area contributed by atoms with Crippen LogP contribution < -0.4 is 5.32 Å². The van der Waals surface area contributed by atoms with E-state index in [9.17, 15) is 13.2 Å². The Kier molecular flexibility index (Phi) is 8.27. The highest BCUT2D eigenvalue weighted by Crippen LogP contribution is 2.16. The molecule has 8 heteroatoms. The van der Waals surface area contributed by atoms with Gasteiger partial charge in [0.25, 0.3) is 5.91 Å². The van der Waals surface area contributed by atoms with Crippen LogP contribution in [0.25, 0.3) is 0 Å². The Hall–Kier alpha value is -1.48. The van der Waals surface area contributed by atoms with Crippen LogP contribution in [0, 0.1) is 6.92 Å². The van der Waals surface area contributed by atoms with E-state index in [1.54, 1.807) is 9.21 Å². The first kappa shape index (κ1) is 23.2. The minimum absolute atomic E-state index is 0.0276. The molecule has 2 aliphatic rings. The lowest BCUT2D eigenvalue weighted by atomic mass is 10.0. The van der Waals surface area contributed by atoms with E-state index in [1.807, 2.05) is 31.2 Å². The van der Waals surface area contributed by atoms with Crippen molar-refractivity contribution in [2.75, 3.05) is 58.1 Å². The predicted molar refractivity (Wildman–Crippen MR) is 120 cm³/mol. The second-order valence-corrected chi connectivity index (χ2v) is 10.6. The highest BCUT2D eigenvalue weighted by Gasteiger charge is 2.27. The van der Waals surface area contributed by atoms with Crippen LogP contribution >= 0.6 is 0 Å². The van der Waals surface area contributed by atoms with Crippen molar-refractivity contribution in [2.24, 2.45) is 0 Å². The minimum atomic E-state index is -3.37. The van der Waals surface area contributed by atoms with Gasteiger partial charge >= 0.3 is 0 Å². The van der Waals surface area contributed by atoms with Gasteiger partial charge in [-0.05, 0) is 45.4 Å². The number of rotatable bonds is 8. The zero-order valence-corrected chi connectivity index (χ0v) is 19.2. The summed E-state index contributed by atoms with van der Waals surface area (Å²) in [4.78, 5) is 17.3. The molecule has 2 saturated heterocycles. The molecule has 1 aromatic carbocycles. The van der Waals surface area contributed by atoms with Crippen LogP contribution in [0.15, 0.2) is 24.3 Å². The molecule has 0 saturated carbocycles. The fourth-order valence-electron chi connectivity index (χ4n) is 4.21. The fraction of sp³-hybridized carbons (Fsp3) is 0.682. The molecule has 0 spiro atoms. The highest BCUT2D eigenvalue weighted by atomic mass is 32.2. The predicted octanol–water partition coefficient (Wildman–Crippen LogP) is 1.55. The molecule has 0 bridgehead atoms. The van der Waals surface area contributed by atoms with Gasteiger partial charge in [0.1, 0.15) is 0 Å². The van der Waals surface area contributed by atoms with Crippen molar-refractivity contribution in [1.82, 2.24) is 19.4 Å². The second kappa shape index (κ2) is 10.7. The van der Waals surface area contributed by atoms with Crippen LogP contribution in [0.4, 0.5) is 0 Å². The largest absolute Gasteiger partial charge is 0.336 e. The fourth-order valence-corrected chi connectivity index (χ4v) is 5.66. The number of piperazine rings is 1. The van der Waals surface area contributed by atoms with Crippen molar-refractivity contribution in [2.45, 2.75) is 39.2 Å². The number of benzene rings is 1. The summed E-state index contributed by atoms with van der Waals surface area (Å²) in [5, 5.41) is 3.18. The standard InChI is InChI=1S/C22H36N4O3S/c1-19-6-8-21(9-7-19)22(27)25(16-15-24-12-4-3-5-20(24)2)17-18-30(28,29)26-13-10-23-11-14-26/h6-9,20,23H,3-5,10-18H2,1-2H3. The second-order valence-electron chi connectivity index (χ2n) is 8.50. The number of carbonyl (C=O) groups is 1. The molecule has 2 aliphatic heterocycles. The van der Waals surface area contributed by atoms with E-state index >= 15 is 0 Å². The van der Waals surface area contributed by atoms with Gasteiger partial charge in [-0.25, -0.2) is 8.42 Å². The van der Waals surface area contributed by atoms with Gasteiger partial charge < -0.3 is 10.2 Å². The molecule has 2 heterocycles. The number of sulfonamides is 1. The average Bonchev–Trinajstić information content (AvgIpc) is 2.75. The first-order valence-corrected chi connectivity index (χ1v) is 12.8. The smallest absolute Gasteiger partial charge is 0.253 e. The van der Waals surface area contributed by atoms with Gasteiger partial charge in [0.15, 0.2) is 0 Å². The van der Waals surface area contributed by atoms with Crippen LogP contribution in [-0.2, 0) is 10.0 Å². The molecule has 30 heavy (non-hydrogen) atoms. The van der Waals surface area contributed by atoms with Crippen molar-refractivity contribution in [3.05, 3.63) is 35.4 Å². The molecular formula is C22H36N4O3S. The van der Waals surface area contributed by atoms with Gasteiger partial charge in [-0.1, -0.05) is 24.1 Å². The highest BCUT2D eigenvalue weighted by molar-refractivity contribution is 7.89. The van der Waals surface area contributed by atoms with Crippen molar-refractivity contribution < 1.29 is 13.2 Å². The Morgan fingerprint density at radius 2 is 1.80 bits per heavy atom. The molecule has 1 amide bonds. The minimum Gasteiger partial charge on any atom is -0.336 e. The van der Waals surface area contributed by atoms with Crippen LogP contribution in [-0.4, -0.2) is 92.6 Å². The van der Waals surface area contributed by atoms with Crippen molar-refractivity contribution in [3.63, 3.8) is 0 Å². The van der Waals surface area contributed by atoms with Gasteiger partial charge in [-0.2, -0.15) is 4.31 Å². The number of likely N-dealkylation sites (tertiary alicyclic amines) is 1. The number of nitrogens with zero attached hydrogens (tertiary/aromatic N) is 3. The quantitative estimate of drug-likeness (QED) is 0.669. The van der Waals surface area contributed by atoms with Crippen LogP contribution in [0.5, 0.6) is 0 Å². The molecule has 168 valence electrons. The number of carbonyl (C=O) groups excluding carboxylic acids is 1. The third-order valence-electron chi connectivity index (χ3n) is 6.27. The Balaban J connectivity index is 1.67. The Bertz CT molecular complexity index is 791. The molecule has 1 atom stereocenters. The summed E-state index contributed by atoms with van der Waals surface area (Å²) in [6.07, 6.45) is 3.63. The lowest BCUT2D eigenvalue weighted by molar-refractivity contribution is 0.0717. The van der Waals surface area contributed by atoms with E-state index in [0.717, 1.165) is 18.7 Å². The summed E-state index contributed by atoms with van der Waals surface area (Å²) in [5.74, 6) is -0.115. The van der Waals surface area contributed by atoms with E-state index in [4.69, 9.17) is 0 Å². The van der Waals surface area contributed by atoms with E-state index in [-0.39, 0.29) is 18.2 Å². The average molecular weight is 437 g/mol. The summed E-state index contributed by atoms with van der Waals surface area (Å²) in [7, 11) is -3.37. The molecule has 1 N–H and O–H groups in total. The molecular weight excluding hydrogens is 400 g/mol. The zero-order valence-electron chi connectivity index (χ0n) is 18.3. The molecule has 0 aromatic heterocycles. The maximum absolute atomic E-state index is 13.2. The maximum Gasteiger partial charge on any atom is 0.253 e. The van der Waals surface area contributed by atoms with Gasteiger partial charge in [-0.15, -0.1) is 0 Å². The summed E-state index contributed by atoms with van der Waals surface area (Å²) in [6, 6.07) is 8.03. The van der Waals surface area contributed by atoms with Crippen molar-refractivity contribution >= 4 is 15.9 Å². The number of hydrogen-bond acceptors (Lipinski definition) is 5. The van der Waals surface area contributed by atoms with E-state index in [0.29, 0.717) is 44.3 Å². The van der Waals surface area contributed by atoms with Crippen LogP contribution in [0.1, 0.15) is 42.1 Å². The Morgan fingerprint density at radius 1 is 1.10 bits per heavy atom. The SMILES string of the molecule is Cc1ccc(C(=O)N(CCN2CCCCC2C)CCS(=O)(=O)N2CCNCC2)cc1. The summed E-state index contributed by atoms with van der Waals surface area (Å²) < 4.78 is 27.1. The summed E-state index contributed by atoms with van der Waals surface area (Å²) in [6.45, 7) is 9.19. The number of amides is 1. The van der Waals surface area contributed by atoms with Gasteiger partial charge in [-0.3, -0.25) is 9.69 Å². The molecule has 0 aliphatic carbocycles. The summed E-state index contributed by atoms with van der Waals surface area (Å²) in [5.41, 5.74) is 1.72. The van der Waals surface area contributed by atoms with E-state index < -0.39 is 10.0 Å². The Labute approximate surface area is 181 Å². The van der Waals surface area contributed by atoms with Gasteiger partial charge in [0.2, 0.25) is 10.0 Å². The number of piperidine rings is 1. The lowest BCUT2D eigenvalue weighted by Gasteiger charge is -2.35. The molecule has 0 radical (unpaired) electrons. The monoisotopic (exact) mass is 436 g/mol. The normalized spacial score (nSPS) is 21.5. The molecule has 7 nitrogen and oxygen atoms in total. The summed E-state index contributed by atoms with van der Waals surface area (Å²) >= 11 is 0. The molecule has 1 aromatic rings. The van der Waals surface area contributed by atoms with Crippen LogP contribution in [0.3, 0.4) is 0 Å². The van der Waals surface area contributed by atoms with Crippen molar-refractivity contribution in [1.29, 1.82) is 0 Å². The number of nitrogens with one attached hydrogen (secondary N) is 1. The van der Waals surface area contributed by atoms with Gasteiger partial charge in [0, 0.05) is 57.4 Å². The zero-order chi connectivity index (χ0) is 21.6. The topological polar surface area (TPSA) is 73.0 Å². The molecule has 3 rings (SSSR count). The molecule has 1 unspecified atom stereocenters. The van der Waals surface area contributed by atoms with Gasteiger partial charge in [0.05, 0.1) is 5.75 Å². The first-order chi connectivity index (χ1) is 14.4. The Morgan fingerprint density at radius 3 is 2.47 bits per heavy atom. The van der Waals surface area contributed by atoms with E-state index in [2.05, 4.69) is 17.1 Å². The maximum atomic E-state index is 13.2. The molecule has 2 fully saturated rings. The van der Waals surface area contributed by atoms with E-state index in [1.165, 1.54) is 19.3 Å². The van der Waals surface area contributed by atoms with Crippen molar-refractivity contribution in [3.8, 4) is 0 Å². The number of aryl methyl sites for hydroxylation is 1. The number of hydrogen-bond donors (Lipinski definition) is 1. The van der Waals surface area contributed by atoms with Crippen LogP contribution in [0.2, 0.25) is 0 Å². The third-order valence-corrected chi connectivity index (χ3v) is 8.12. The lowest BCUT2D eigenvalue weighted by Crippen LogP contribution is -2.49. The first-order valence-electron chi connectivity index (χ1n) is 11.2.